The van der Waals surface area contributed by atoms with Crippen LogP contribution in [0, 0.1) is 0 Å². The van der Waals surface area contributed by atoms with E-state index in [2.05, 4.69) is 53.0 Å². The van der Waals surface area contributed by atoms with Crippen molar-refractivity contribution in [1.82, 2.24) is 20.1 Å². The number of rotatable bonds is 7. The number of aromatic nitrogens is 1. The van der Waals surface area contributed by atoms with Crippen molar-refractivity contribution in [2.75, 3.05) is 27.2 Å². The minimum atomic E-state index is -0.258. The predicted octanol–water partition coefficient (Wildman–Crippen LogP) is 3.33. The van der Waals surface area contributed by atoms with Crippen LogP contribution in [0.25, 0.3) is 0 Å². The molecule has 6 heteroatoms. The Labute approximate surface area is 172 Å². The van der Waals surface area contributed by atoms with Crippen molar-refractivity contribution >= 4 is 17.2 Å². The van der Waals surface area contributed by atoms with Gasteiger partial charge in [-0.1, -0.05) is 13.0 Å². The lowest BCUT2D eigenvalue weighted by Gasteiger charge is -2.30. The predicted molar refractivity (Wildman–Crippen MR) is 116 cm³/mol. The summed E-state index contributed by atoms with van der Waals surface area (Å²) < 4.78 is 0. The van der Waals surface area contributed by atoms with Gasteiger partial charge in [-0.05, 0) is 58.0 Å². The Balaban J connectivity index is 1.64. The van der Waals surface area contributed by atoms with Gasteiger partial charge in [0.2, 0.25) is 0 Å². The fraction of sp³-hybridized carbons (Fsp3) is 0.545. The molecule has 152 valence electrons. The van der Waals surface area contributed by atoms with Gasteiger partial charge in [-0.15, -0.1) is 11.3 Å². The molecule has 3 heterocycles. The van der Waals surface area contributed by atoms with Crippen molar-refractivity contribution in [2.24, 2.45) is 0 Å². The minimum absolute atomic E-state index is 0.0506. The number of aryl methyl sites for hydroxylation is 1. The first-order chi connectivity index (χ1) is 13.3. The van der Waals surface area contributed by atoms with Crippen molar-refractivity contribution in [3.8, 4) is 0 Å². The van der Waals surface area contributed by atoms with Gasteiger partial charge in [-0.2, -0.15) is 0 Å². The minimum Gasteiger partial charge on any atom is -0.346 e. The van der Waals surface area contributed by atoms with Crippen LogP contribution in [0.2, 0.25) is 0 Å². The van der Waals surface area contributed by atoms with E-state index in [0.717, 1.165) is 50.3 Å². The number of carbonyl (C=O) groups excluding carboxylic acids is 1. The van der Waals surface area contributed by atoms with Gasteiger partial charge in [0.1, 0.15) is 0 Å². The number of nitrogens with one attached hydrogen (secondary N) is 1. The molecule has 0 aliphatic carbocycles. The molecule has 0 saturated heterocycles. The summed E-state index contributed by atoms with van der Waals surface area (Å²) in [6.07, 6.45) is 3.92. The van der Waals surface area contributed by atoms with Crippen LogP contribution in [-0.4, -0.2) is 53.4 Å². The van der Waals surface area contributed by atoms with Crippen molar-refractivity contribution in [1.29, 1.82) is 0 Å². The number of nitrogens with zero attached hydrogens (tertiary/aromatic N) is 3. The highest BCUT2D eigenvalue weighted by atomic mass is 32.1. The highest BCUT2D eigenvalue weighted by Crippen LogP contribution is 2.29. The normalized spacial score (nSPS) is 14.9. The molecule has 1 aliphatic heterocycles. The Kier molecular flexibility index (Phi) is 6.53. The Morgan fingerprint density at radius 2 is 2.14 bits per heavy atom. The van der Waals surface area contributed by atoms with Gasteiger partial charge in [0, 0.05) is 48.2 Å². The topological polar surface area (TPSA) is 48.5 Å². The van der Waals surface area contributed by atoms with E-state index >= 15 is 0 Å². The van der Waals surface area contributed by atoms with E-state index in [4.69, 9.17) is 0 Å². The molecule has 0 spiro atoms. The van der Waals surface area contributed by atoms with E-state index in [0.29, 0.717) is 0 Å². The second-order valence-corrected chi connectivity index (χ2v) is 9.56. The molecule has 1 aliphatic rings. The zero-order valence-corrected chi connectivity index (χ0v) is 18.5. The first-order valence-corrected chi connectivity index (χ1v) is 10.9. The average molecular weight is 401 g/mol. The smallest absolute Gasteiger partial charge is 0.252 e. The van der Waals surface area contributed by atoms with Crippen LogP contribution >= 0.6 is 11.3 Å². The maximum Gasteiger partial charge on any atom is 0.252 e. The van der Waals surface area contributed by atoms with E-state index in [1.54, 1.807) is 11.3 Å². The average Bonchev–Trinajstić information content (AvgIpc) is 3.04. The monoisotopic (exact) mass is 400 g/mol. The number of likely N-dealkylation sites (N-methyl/N-ethyl adjacent to an activating group) is 1. The van der Waals surface area contributed by atoms with Crippen LogP contribution in [0.1, 0.15) is 52.8 Å². The van der Waals surface area contributed by atoms with Gasteiger partial charge in [-0.25, -0.2) is 0 Å². The summed E-state index contributed by atoms with van der Waals surface area (Å²) in [7, 11) is 4.05. The summed E-state index contributed by atoms with van der Waals surface area (Å²) in [6, 6.07) is 4.30. The molecular formula is C22H32N4OS. The van der Waals surface area contributed by atoms with Crippen LogP contribution in [0.15, 0.2) is 23.7 Å². The van der Waals surface area contributed by atoms with Crippen LogP contribution in [0.3, 0.4) is 0 Å². The molecule has 0 aromatic carbocycles. The summed E-state index contributed by atoms with van der Waals surface area (Å²) in [5.41, 5.74) is 4.22. The van der Waals surface area contributed by atoms with Crippen LogP contribution in [0.5, 0.6) is 0 Å². The third-order valence-corrected chi connectivity index (χ3v) is 6.13. The van der Waals surface area contributed by atoms with Crippen LogP contribution in [0.4, 0.5) is 0 Å². The molecule has 5 nitrogen and oxygen atoms in total. The second kappa shape index (κ2) is 8.72. The third kappa shape index (κ3) is 5.19. The first kappa shape index (κ1) is 21.0. The lowest BCUT2D eigenvalue weighted by molar-refractivity contribution is 0.0898. The fourth-order valence-corrected chi connectivity index (χ4v) is 5.02. The Bertz CT molecular complexity index is 810. The first-order valence-electron chi connectivity index (χ1n) is 10.00. The number of pyridine rings is 1. The van der Waals surface area contributed by atoms with Gasteiger partial charge in [0.05, 0.1) is 11.3 Å². The van der Waals surface area contributed by atoms with Crippen LogP contribution in [-0.2, 0) is 25.9 Å². The zero-order valence-electron chi connectivity index (χ0n) is 17.7. The number of hydrogen-bond acceptors (Lipinski definition) is 5. The maximum absolute atomic E-state index is 12.9. The van der Waals surface area contributed by atoms with Gasteiger partial charge in [0.15, 0.2) is 0 Å². The highest BCUT2D eigenvalue weighted by Gasteiger charge is 2.27. The molecule has 0 bridgehead atoms. The van der Waals surface area contributed by atoms with Crippen molar-refractivity contribution in [2.45, 2.75) is 52.2 Å². The Hall–Kier alpha value is -1.76. The third-order valence-electron chi connectivity index (χ3n) is 5.11. The molecule has 0 atom stereocenters. The number of hydrogen-bond donors (Lipinski definition) is 1. The molecule has 28 heavy (non-hydrogen) atoms. The lowest BCUT2D eigenvalue weighted by atomic mass is 10.0. The van der Waals surface area contributed by atoms with Gasteiger partial charge >= 0.3 is 0 Å². The molecule has 0 saturated carbocycles. The van der Waals surface area contributed by atoms with Gasteiger partial charge < -0.3 is 10.2 Å². The summed E-state index contributed by atoms with van der Waals surface area (Å²) in [5, 5.41) is 5.24. The summed E-state index contributed by atoms with van der Waals surface area (Å²) in [6.45, 7) is 9.81. The van der Waals surface area contributed by atoms with Crippen molar-refractivity contribution < 1.29 is 4.79 Å². The van der Waals surface area contributed by atoms with E-state index in [9.17, 15) is 4.79 Å². The van der Waals surface area contributed by atoms with Crippen molar-refractivity contribution in [3.63, 3.8) is 0 Å². The zero-order chi connectivity index (χ0) is 20.3. The Morgan fingerprint density at radius 1 is 1.36 bits per heavy atom. The van der Waals surface area contributed by atoms with E-state index in [-0.39, 0.29) is 11.4 Å². The molecule has 1 amide bonds. The molecule has 1 N–H and O–H groups in total. The van der Waals surface area contributed by atoms with Gasteiger partial charge in [-0.3, -0.25) is 14.7 Å². The second-order valence-electron chi connectivity index (χ2n) is 8.60. The highest BCUT2D eigenvalue weighted by molar-refractivity contribution is 7.10. The number of fused-ring (bicyclic) bond motifs is 1. The Morgan fingerprint density at radius 3 is 2.79 bits per heavy atom. The van der Waals surface area contributed by atoms with Crippen molar-refractivity contribution in [3.05, 3.63) is 51.0 Å². The molecular weight excluding hydrogens is 368 g/mol. The maximum atomic E-state index is 12.9. The molecule has 0 unspecified atom stereocenters. The summed E-state index contributed by atoms with van der Waals surface area (Å²) in [4.78, 5) is 23.3. The van der Waals surface area contributed by atoms with E-state index in [1.807, 2.05) is 25.7 Å². The summed E-state index contributed by atoms with van der Waals surface area (Å²) >= 11 is 1.71. The SMILES string of the molecule is CCc1ccc(CN2CCc3c(C(=O)NC(C)(C)CN(C)C)csc3C2)nc1. The molecule has 0 radical (unpaired) electrons. The number of thiophene rings is 1. The molecule has 3 rings (SSSR count). The number of carbonyl (C=O) groups is 1. The van der Waals surface area contributed by atoms with Gasteiger partial charge in [0.25, 0.3) is 5.91 Å². The standard InChI is InChI=1S/C22H32N4OS/c1-6-16-7-8-17(23-11-16)12-26-10-9-18-19(14-28-20(18)13-26)21(27)24-22(2,3)15-25(4)5/h7-8,11,14H,6,9-10,12-13,15H2,1-5H3,(H,24,27). The summed E-state index contributed by atoms with van der Waals surface area (Å²) in [5.74, 6) is 0.0506. The molecule has 0 fully saturated rings. The largest absolute Gasteiger partial charge is 0.346 e. The lowest BCUT2D eigenvalue weighted by Crippen LogP contribution is -2.50. The number of amides is 1. The molecule has 2 aromatic rings. The van der Waals surface area contributed by atoms with Crippen LogP contribution < -0.4 is 5.32 Å². The van der Waals surface area contributed by atoms with E-state index < -0.39 is 0 Å². The fourth-order valence-electron chi connectivity index (χ4n) is 3.90. The molecule has 2 aromatic heterocycles. The van der Waals surface area contributed by atoms with E-state index in [1.165, 1.54) is 16.0 Å². The quantitative estimate of drug-likeness (QED) is 0.774.